The lowest BCUT2D eigenvalue weighted by molar-refractivity contribution is 0.410. The normalized spacial score (nSPS) is 11.5. The second kappa shape index (κ2) is 4.32. The van der Waals surface area contributed by atoms with Gasteiger partial charge in [-0.3, -0.25) is 0 Å². The molecule has 2 nitrogen and oxygen atoms in total. The number of rotatable bonds is 3. The third-order valence-corrected chi connectivity index (χ3v) is 2.53. The first kappa shape index (κ1) is 11.5. The van der Waals surface area contributed by atoms with Crippen molar-refractivity contribution in [3.05, 3.63) is 28.2 Å². The van der Waals surface area contributed by atoms with Crippen molar-refractivity contribution in [3.63, 3.8) is 0 Å². The van der Waals surface area contributed by atoms with Crippen molar-refractivity contribution in [2.75, 3.05) is 7.11 Å². The molecule has 0 aliphatic heterocycles. The number of hydrogen-bond donors (Lipinski definition) is 1. The van der Waals surface area contributed by atoms with Gasteiger partial charge in [-0.05, 0) is 53.9 Å². The van der Waals surface area contributed by atoms with Crippen molar-refractivity contribution in [1.29, 1.82) is 0 Å². The van der Waals surface area contributed by atoms with E-state index < -0.39 is 0 Å². The van der Waals surface area contributed by atoms with Crippen molar-refractivity contribution in [2.45, 2.75) is 25.8 Å². The molecule has 0 spiro atoms. The Kier molecular flexibility index (Phi) is 3.56. The van der Waals surface area contributed by atoms with Crippen LogP contribution in [0.4, 0.5) is 0 Å². The van der Waals surface area contributed by atoms with Crippen LogP contribution in [0.15, 0.2) is 22.7 Å². The molecule has 2 N–H and O–H groups in total. The quantitative estimate of drug-likeness (QED) is 0.904. The second-order valence-electron chi connectivity index (χ2n) is 4.13. The van der Waals surface area contributed by atoms with Crippen LogP contribution in [0.5, 0.6) is 5.75 Å². The Bertz CT molecular complexity index is 318. The zero-order chi connectivity index (χ0) is 10.8. The second-order valence-corrected chi connectivity index (χ2v) is 4.99. The van der Waals surface area contributed by atoms with Crippen LogP contribution in [0, 0.1) is 0 Å². The lowest BCUT2D eigenvalue weighted by atomic mass is 9.96. The largest absolute Gasteiger partial charge is 0.496 e. The summed E-state index contributed by atoms with van der Waals surface area (Å²) in [6.45, 7) is 4.03. The van der Waals surface area contributed by atoms with Gasteiger partial charge < -0.3 is 10.5 Å². The Labute approximate surface area is 93.6 Å². The van der Waals surface area contributed by atoms with Gasteiger partial charge in [0.05, 0.1) is 11.6 Å². The van der Waals surface area contributed by atoms with E-state index in [1.165, 1.54) is 5.56 Å². The Morgan fingerprint density at radius 1 is 1.43 bits per heavy atom. The van der Waals surface area contributed by atoms with Gasteiger partial charge in [-0.1, -0.05) is 6.07 Å². The Morgan fingerprint density at radius 2 is 2.07 bits per heavy atom. The Morgan fingerprint density at radius 3 is 2.57 bits per heavy atom. The molecule has 0 atom stereocenters. The number of hydrogen-bond acceptors (Lipinski definition) is 2. The predicted octanol–water partition coefficient (Wildman–Crippen LogP) is 2.74. The summed E-state index contributed by atoms with van der Waals surface area (Å²) in [5.41, 5.74) is 6.96. The summed E-state index contributed by atoms with van der Waals surface area (Å²) in [4.78, 5) is 0. The van der Waals surface area contributed by atoms with E-state index >= 15 is 0 Å². The molecule has 0 aromatic heterocycles. The number of nitrogens with two attached hydrogens (primary N) is 1. The van der Waals surface area contributed by atoms with Gasteiger partial charge in [-0.2, -0.15) is 0 Å². The maximum atomic E-state index is 5.94. The van der Waals surface area contributed by atoms with Crippen LogP contribution in [-0.4, -0.2) is 12.6 Å². The highest BCUT2D eigenvalue weighted by atomic mass is 79.9. The molecule has 0 bridgehead atoms. The van der Waals surface area contributed by atoms with Crippen LogP contribution in [-0.2, 0) is 6.42 Å². The standard InChI is InChI=1S/C11H16BrNO/c1-11(2,13)7-8-4-5-9(12)10(6-8)14-3/h4-6H,7,13H2,1-3H3. The van der Waals surface area contributed by atoms with E-state index in [4.69, 9.17) is 10.5 Å². The molecule has 1 rings (SSSR count). The minimum atomic E-state index is -0.182. The lowest BCUT2D eigenvalue weighted by Crippen LogP contribution is -2.34. The van der Waals surface area contributed by atoms with Crippen LogP contribution < -0.4 is 10.5 Å². The van der Waals surface area contributed by atoms with Crippen LogP contribution in [0.25, 0.3) is 0 Å². The molecule has 1 aromatic carbocycles. The highest BCUT2D eigenvalue weighted by Gasteiger charge is 2.12. The van der Waals surface area contributed by atoms with E-state index in [0.29, 0.717) is 0 Å². The molecule has 14 heavy (non-hydrogen) atoms. The molecular formula is C11H16BrNO. The fourth-order valence-corrected chi connectivity index (χ4v) is 1.75. The summed E-state index contributed by atoms with van der Waals surface area (Å²) in [5, 5.41) is 0. The molecule has 3 heteroatoms. The van der Waals surface area contributed by atoms with E-state index in [0.717, 1.165) is 16.6 Å². The first-order valence-electron chi connectivity index (χ1n) is 4.54. The molecule has 0 unspecified atom stereocenters. The molecule has 0 aliphatic rings. The molecule has 1 aromatic rings. The van der Waals surface area contributed by atoms with E-state index in [-0.39, 0.29) is 5.54 Å². The summed E-state index contributed by atoms with van der Waals surface area (Å²) < 4.78 is 6.18. The topological polar surface area (TPSA) is 35.2 Å². The van der Waals surface area contributed by atoms with Crippen molar-refractivity contribution in [3.8, 4) is 5.75 Å². The van der Waals surface area contributed by atoms with Crippen molar-refractivity contribution >= 4 is 15.9 Å². The average molecular weight is 258 g/mol. The van der Waals surface area contributed by atoms with Gasteiger partial charge in [0, 0.05) is 5.54 Å². The monoisotopic (exact) mass is 257 g/mol. The molecule has 0 heterocycles. The summed E-state index contributed by atoms with van der Waals surface area (Å²) >= 11 is 3.41. The number of benzene rings is 1. The molecule has 0 saturated carbocycles. The summed E-state index contributed by atoms with van der Waals surface area (Å²) in [6.07, 6.45) is 0.844. The SMILES string of the molecule is COc1cc(CC(C)(C)N)ccc1Br. The first-order valence-corrected chi connectivity index (χ1v) is 5.33. The van der Waals surface area contributed by atoms with Crippen LogP contribution in [0.2, 0.25) is 0 Å². The Hall–Kier alpha value is -0.540. The van der Waals surface area contributed by atoms with Gasteiger partial charge in [0.2, 0.25) is 0 Å². The fourth-order valence-electron chi connectivity index (χ4n) is 1.34. The number of ether oxygens (including phenoxy) is 1. The summed E-state index contributed by atoms with van der Waals surface area (Å²) in [7, 11) is 1.66. The maximum absolute atomic E-state index is 5.94. The van der Waals surface area contributed by atoms with Crippen molar-refractivity contribution < 1.29 is 4.74 Å². The molecule has 0 radical (unpaired) electrons. The number of methoxy groups -OCH3 is 1. The lowest BCUT2D eigenvalue weighted by Gasteiger charge is -2.18. The van der Waals surface area contributed by atoms with Gasteiger partial charge >= 0.3 is 0 Å². The highest BCUT2D eigenvalue weighted by Crippen LogP contribution is 2.26. The molecule has 0 saturated heterocycles. The van der Waals surface area contributed by atoms with Crippen molar-refractivity contribution in [1.82, 2.24) is 0 Å². The average Bonchev–Trinajstić information content (AvgIpc) is 2.06. The van der Waals surface area contributed by atoms with E-state index in [1.54, 1.807) is 7.11 Å². The predicted molar refractivity (Wildman–Crippen MR) is 62.7 cm³/mol. The van der Waals surface area contributed by atoms with Crippen LogP contribution in [0.1, 0.15) is 19.4 Å². The van der Waals surface area contributed by atoms with Crippen LogP contribution in [0.3, 0.4) is 0 Å². The number of halogens is 1. The minimum absolute atomic E-state index is 0.182. The maximum Gasteiger partial charge on any atom is 0.133 e. The van der Waals surface area contributed by atoms with Gasteiger partial charge in [-0.15, -0.1) is 0 Å². The first-order chi connectivity index (χ1) is 6.42. The highest BCUT2D eigenvalue weighted by molar-refractivity contribution is 9.10. The van der Waals surface area contributed by atoms with Crippen LogP contribution >= 0.6 is 15.9 Å². The molecule has 78 valence electrons. The zero-order valence-electron chi connectivity index (χ0n) is 8.80. The Balaban J connectivity index is 2.90. The van der Waals surface area contributed by atoms with Gasteiger partial charge in [0.25, 0.3) is 0 Å². The van der Waals surface area contributed by atoms with Gasteiger partial charge in [0.15, 0.2) is 0 Å². The van der Waals surface area contributed by atoms with Crippen molar-refractivity contribution in [2.24, 2.45) is 5.73 Å². The molecular weight excluding hydrogens is 242 g/mol. The van der Waals surface area contributed by atoms with Gasteiger partial charge in [0.1, 0.15) is 5.75 Å². The molecule has 0 amide bonds. The van der Waals surface area contributed by atoms with E-state index in [2.05, 4.69) is 22.0 Å². The molecule has 0 fully saturated rings. The third-order valence-electron chi connectivity index (χ3n) is 1.88. The van der Waals surface area contributed by atoms with Gasteiger partial charge in [-0.25, -0.2) is 0 Å². The van der Waals surface area contributed by atoms with E-state index in [1.807, 2.05) is 26.0 Å². The smallest absolute Gasteiger partial charge is 0.133 e. The zero-order valence-corrected chi connectivity index (χ0v) is 10.4. The summed E-state index contributed by atoms with van der Waals surface area (Å²) in [6, 6.07) is 6.06. The fraction of sp³-hybridized carbons (Fsp3) is 0.455. The minimum Gasteiger partial charge on any atom is -0.496 e. The van der Waals surface area contributed by atoms with E-state index in [9.17, 15) is 0 Å². The molecule has 0 aliphatic carbocycles. The third kappa shape index (κ3) is 3.31. The summed E-state index contributed by atoms with van der Waals surface area (Å²) in [5.74, 6) is 0.853.